The van der Waals surface area contributed by atoms with Gasteiger partial charge in [0.2, 0.25) is 0 Å². The van der Waals surface area contributed by atoms with Crippen LogP contribution in [0.2, 0.25) is 0 Å². The maximum atomic E-state index is 10.3. The number of nitrogens with zero attached hydrogens (tertiary/aromatic N) is 3. The predicted octanol–water partition coefficient (Wildman–Crippen LogP) is 5.00. The summed E-state index contributed by atoms with van der Waals surface area (Å²) in [7, 11) is 0. The number of ether oxygens (including phenoxy) is 2. The second kappa shape index (κ2) is 12.9. The molecule has 2 atom stereocenters. The minimum atomic E-state index is -0.761. The van der Waals surface area contributed by atoms with Gasteiger partial charge in [-0.05, 0) is 80.6 Å². The Labute approximate surface area is 238 Å². The molecule has 1 aromatic heterocycles. The van der Waals surface area contributed by atoms with Crippen LogP contribution in [0.3, 0.4) is 0 Å². The van der Waals surface area contributed by atoms with E-state index in [1.54, 1.807) is 4.68 Å². The number of hydrogen-bond donors (Lipinski definition) is 2. The van der Waals surface area contributed by atoms with E-state index in [-0.39, 0.29) is 25.2 Å². The third-order valence-corrected chi connectivity index (χ3v) is 8.28. The molecular formula is C25H30ClI2N3O4. The number of alkyl halides is 1. The second-order valence-corrected chi connectivity index (χ2v) is 11.5. The molecule has 3 aromatic rings. The van der Waals surface area contributed by atoms with E-state index < -0.39 is 6.10 Å². The van der Waals surface area contributed by atoms with Gasteiger partial charge in [-0.15, -0.1) is 16.7 Å². The lowest BCUT2D eigenvalue weighted by Gasteiger charge is -2.27. The van der Waals surface area contributed by atoms with Crippen LogP contribution in [0.25, 0.3) is 0 Å². The minimum Gasteiger partial charge on any atom is -0.492 e. The van der Waals surface area contributed by atoms with Crippen molar-refractivity contribution in [1.82, 2.24) is 15.0 Å². The molecular weight excluding hydrogens is 696 g/mol. The zero-order chi connectivity index (χ0) is 25.6. The standard InChI is InChI=1S/C25H30ClI2N3O4/c1-16(11-26)14-35-23-9-6-18(10-21(23)27)25(2,3)17-4-7-20(8-5-17)34-15-19(33)12-31-24(28)22(13-32)29-30-31/h4-10,16,19,32-33H,11-15H2,1-3H3/t16-,19+/m1/s1. The fourth-order valence-electron chi connectivity index (χ4n) is 3.41. The van der Waals surface area contributed by atoms with Crippen LogP contribution >= 0.6 is 56.8 Å². The van der Waals surface area contributed by atoms with E-state index in [9.17, 15) is 10.2 Å². The van der Waals surface area contributed by atoms with E-state index in [0.29, 0.717) is 33.5 Å². The van der Waals surface area contributed by atoms with E-state index in [1.807, 2.05) is 18.2 Å². The van der Waals surface area contributed by atoms with Crippen molar-refractivity contribution in [3.63, 3.8) is 0 Å². The molecule has 0 amide bonds. The van der Waals surface area contributed by atoms with Gasteiger partial charge in [-0.3, -0.25) is 0 Å². The van der Waals surface area contributed by atoms with E-state index in [4.69, 9.17) is 21.1 Å². The summed E-state index contributed by atoms with van der Waals surface area (Å²) < 4.78 is 15.0. The molecule has 1 heterocycles. The Morgan fingerprint density at radius 1 is 1.06 bits per heavy atom. The minimum absolute atomic E-state index is 0.120. The lowest BCUT2D eigenvalue weighted by atomic mass is 9.78. The highest BCUT2D eigenvalue weighted by Crippen LogP contribution is 2.35. The zero-order valence-electron chi connectivity index (χ0n) is 19.9. The molecule has 2 aromatic carbocycles. The van der Waals surface area contributed by atoms with Gasteiger partial charge in [-0.2, -0.15) is 0 Å². The van der Waals surface area contributed by atoms with Gasteiger partial charge in [0.1, 0.15) is 33.6 Å². The fourth-order valence-corrected chi connectivity index (χ4v) is 4.75. The van der Waals surface area contributed by atoms with Gasteiger partial charge in [0.25, 0.3) is 0 Å². The van der Waals surface area contributed by atoms with Crippen molar-refractivity contribution in [2.45, 2.75) is 45.4 Å². The molecule has 0 spiro atoms. The molecule has 0 aliphatic carbocycles. The normalized spacial score (nSPS) is 13.5. The summed E-state index contributed by atoms with van der Waals surface area (Å²) in [6, 6.07) is 14.2. The molecule has 0 radical (unpaired) electrons. The van der Waals surface area contributed by atoms with E-state index >= 15 is 0 Å². The summed E-state index contributed by atoms with van der Waals surface area (Å²) in [6.45, 7) is 7.22. The lowest BCUT2D eigenvalue weighted by molar-refractivity contribution is 0.0881. The van der Waals surface area contributed by atoms with Crippen LogP contribution in [0.15, 0.2) is 42.5 Å². The third-order valence-electron chi connectivity index (χ3n) is 5.73. The molecule has 7 nitrogen and oxygen atoms in total. The first-order chi connectivity index (χ1) is 16.6. The number of aromatic nitrogens is 3. The van der Waals surface area contributed by atoms with E-state index in [2.05, 4.69) is 101 Å². The molecule has 0 saturated carbocycles. The number of halogens is 3. The summed E-state index contributed by atoms with van der Waals surface area (Å²) in [5.74, 6) is 2.43. The van der Waals surface area contributed by atoms with Crippen LogP contribution in [0.1, 0.15) is 37.6 Å². The number of aliphatic hydroxyl groups is 2. The average Bonchev–Trinajstić information content (AvgIpc) is 3.20. The van der Waals surface area contributed by atoms with Crippen LogP contribution in [0, 0.1) is 13.2 Å². The Balaban J connectivity index is 1.60. The van der Waals surface area contributed by atoms with Crippen LogP contribution in [0.4, 0.5) is 0 Å². The largest absolute Gasteiger partial charge is 0.492 e. The van der Waals surface area contributed by atoms with E-state index in [0.717, 1.165) is 14.9 Å². The molecule has 0 fully saturated rings. The molecule has 0 bridgehead atoms. The highest BCUT2D eigenvalue weighted by molar-refractivity contribution is 14.1. The highest BCUT2D eigenvalue weighted by atomic mass is 127. The zero-order valence-corrected chi connectivity index (χ0v) is 25.0. The van der Waals surface area contributed by atoms with Crippen molar-refractivity contribution < 1.29 is 19.7 Å². The molecule has 0 saturated heterocycles. The smallest absolute Gasteiger partial charge is 0.132 e. The van der Waals surface area contributed by atoms with Crippen molar-refractivity contribution in [1.29, 1.82) is 0 Å². The van der Waals surface area contributed by atoms with Gasteiger partial charge in [-0.1, -0.05) is 44.2 Å². The van der Waals surface area contributed by atoms with Crippen LogP contribution < -0.4 is 9.47 Å². The number of benzene rings is 2. The van der Waals surface area contributed by atoms with Crippen LogP contribution in [-0.4, -0.2) is 50.4 Å². The topological polar surface area (TPSA) is 89.6 Å². The first-order valence-corrected chi connectivity index (χ1v) is 13.9. The van der Waals surface area contributed by atoms with Crippen molar-refractivity contribution in [2.24, 2.45) is 5.92 Å². The van der Waals surface area contributed by atoms with Crippen molar-refractivity contribution in [3.05, 3.63) is 66.6 Å². The Bertz CT molecular complexity index is 1110. The summed E-state index contributed by atoms with van der Waals surface area (Å²) in [6.07, 6.45) is -0.761. The van der Waals surface area contributed by atoms with Crippen molar-refractivity contribution >= 4 is 56.8 Å². The van der Waals surface area contributed by atoms with Gasteiger partial charge in [0.05, 0.1) is 23.3 Å². The Hall–Kier alpha value is -1.15. The Morgan fingerprint density at radius 3 is 2.34 bits per heavy atom. The highest BCUT2D eigenvalue weighted by Gasteiger charge is 2.24. The van der Waals surface area contributed by atoms with Crippen molar-refractivity contribution in [3.8, 4) is 11.5 Å². The summed E-state index contributed by atoms with van der Waals surface area (Å²) >= 11 is 10.3. The molecule has 0 aliphatic rings. The summed E-state index contributed by atoms with van der Waals surface area (Å²) in [5.41, 5.74) is 2.62. The number of aliphatic hydroxyl groups excluding tert-OH is 2. The molecule has 3 rings (SSSR count). The van der Waals surface area contributed by atoms with Gasteiger partial charge < -0.3 is 19.7 Å². The molecule has 190 valence electrons. The molecule has 0 aliphatic heterocycles. The fraction of sp³-hybridized carbons (Fsp3) is 0.440. The van der Waals surface area contributed by atoms with Crippen molar-refractivity contribution in [2.75, 3.05) is 19.1 Å². The quantitative estimate of drug-likeness (QED) is 0.202. The van der Waals surface area contributed by atoms with Gasteiger partial charge in [-0.25, -0.2) is 4.68 Å². The predicted molar refractivity (Wildman–Crippen MR) is 153 cm³/mol. The SMILES string of the molecule is C[C@H](CCl)COc1ccc(C(C)(C)c2ccc(OC[C@@H](O)Cn3nnc(CO)c3I)cc2)cc1I. The summed E-state index contributed by atoms with van der Waals surface area (Å²) in [4.78, 5) is 0. The molecule has 35 heavy (non-hydrogen) atoms. The Kier molecular flexibility index (Phi) is 10.5. The maximum absolute atomic E-state index is 10.3. The molecule has 10 heteroatoms. The molecule has 2 N–H and O–H groups in total. The maximum Gasteiger partial charge on any atom is 0.132 e. The van der Waals surface area contributed by atoms with Gasteiger partial charge in [0, 0.05) is 17.2 Å². The van der Waals surface area contributed by atoms with Crippen LogP contribution in [0.5, 0.6) is 11.5 Å². The Morgan fingerprint density at radius 2 is 1.74 bits per heavy atom. The second-order valence-electron chi connectivity index (χ2n) is 9.00. The molecule has 0 unspecified atom stereocenters. The first kappa shape index (κ1) is 28.4. The lowest BCUT2D eigenvalue weighted by Crippen LogP contribution is -2.25. The monoisotopic (exact) mass is 725 g/mol. The van der Waals surface area contributed by atoms with Gasteiger partial charge >= 0.3 is 0 Å². The third kappa shape index (κ3) is 7.43. The van der Waals surface area contributed by atoms with Gasteiger partial charge in [0.15, 0.2) is 0 Å². The first-order valence-electron chi connectivity index (χ1n) is 11.2. The summed E-state index contributed by atoms with van der Waals surface area (Å²) in [5, 5.41) is 27.4. The number of hydrogen-bond acceptors (Lipinski definition) is 6. The van der Waals surface area contributed by atoms with Crippen LogP contribution in [-0.2, 0) is 18.6 Å². The number of rotatable bonds is 12. The average molecular weight is 726 g/mol. The van der Waals surface area contributed by atoms with E-state index in [1.165, 1.54) is 5.56 Å².